The molecule has 0 amide bonds. The molecule has 0 spiro atoms. The average molecular weight is 417 g/mol. The second kappa shape index (κ2) is 6.99. The lowest BCUT2D eigenvalue weighted by Crippen LogP contribution is -2.37. The number of ether oxygens (including phenoxy) is 1. The Morgan fingerprint density at radius 3 is 2.55 bits per heavy atom. The van der Waals surface area contributed by atoms with Crippen molar-refractivity contribution >= 4 is 10.9 Å². The molecule has 1 atom stereocenters. The maximum absolute atomic E-state index is 13.4. The molecule has 0 bridgehead atoms. The molecule has 4 aromatic rings. The monoisotopic (exact) mass is 417 g/mol. The van der Waals surface area contributed by atoms with Crippen LogP contribution in [0.15, 0.2) is 58.1 Å². The van der Waals surface area contributed by atoms with Crippen LogP contribution in [-0.2, 0) is 25.4 Å². The molecule has 0 radical (unpaired) electrons. The van der Waals surface area contributed by atoms with Crippen LogP contribution in [0.2, 0.25) is 0 Å². The van der Waals surface area contributed by atoms with Crippen molar-refractivity contribution in [2.75, 3.05) is 6.61 Å². The lowest BCUT2D eigenvalue weighted by Gasteiger charge is -2.28. The van der Waals surface area contributed by atoms with Gasteiger partial charge in [0.2, 0.25) is 0 Å². The third-order valence-corrected chi connectivity index (χ3v) is 6.06. The van der Waals surface area contributed by atoms with E-state index in [0.29, 0.717) is 35.3 Å². The van der Waals surface area contributed by atoms with Crippen molar-refractivity contribution in [3.8, 4) is 17.0 Å². The van der Waals surface area contributed by atoms with Gasteiger partial charge in [0.25, 0.3) is 5.56 Å². The van der Waals surface area contributed by atoms with Crippen LogP contribution in [0.3, 0.4) is 0 Å². The Kier molecular flexibility index (Phi) is 4.37. The zero-order chi connectivity index (χ0) is 21.9. The number of aromatic nitrogens is 3. The van der Waals surface area contributed by atoms with Gasteiger partial charge in [0, 0.05) is 26.2 Å². The van der Waals surface area contributed by atoms with E-state index in [1.165, 1.54) is 11.6 Å². The topological polar surface area (TPSA) is 78.4 Å². The Hall–Kier alpha value is -3.58. The molecular weight excluding hydrogens is 394 g/mol. The Bertz CT molecular complexity index is 1460. The summed E-state index contributed by atoms with van der Waals surface area (Å²) in [6, 6.07) is 15.0. The van der Waals surface area contributed by atoms with Crippen LogP contribution in [0.5, 0.6) is 5.75 Å². The van der Waals surface area contributed by atoms with E-state index in [2.05, 4.69) is 4.57 Å². The van der Waals surface area contributed by atoms with Gasteiger partial charge in [0.1, 0.15) is 11.9 Å². The van der Waals surface area contributed by atoms with Crippen LogP contribution < -0.4 is 11.2 Å². The number of hydrogen-bond donors (Lipinski definition) is 1. The normalized spacial score (nSPS) is 15.9. The van der Waals surface area contributed by atoms with Gasteiger partial charge >= 0.3 is 5.69 Å². The molecule has 1 aliphatic heterocycles. The highest BCUT2D eigenvalue weighted by atomic mass is 16.5. The molecule has 31 heavy (non-hydrogen) atoms. The second-order valence-corrected chi connectivity index (χ2v) is 7.99. The largest absolute Gasteiger partial charge is 0.508 e. The van der Waals surface area contributed by atoms with Gasteiger partial charge in [-0.05, 0) is 24.6 Å². The van der Waals surface area contributed by atoms with Gasteiger partial charge in [-0.25, -0.2) is 4.79 Å². The summed E-state index contributed by atoms with van der Waals surface area (Å²) >= 11 is 0. The minimum absolute atomic E-state index is 0.112. The summed E-state index contributed by atoms with van der Waals surface area (Å²) in [4.78, 5) is 26.2. The quantitative estimate of drug-likeness (QED) is 0.544. The maximum Gasteiger partial charge on any atom is 0.331 e. The van der Waals surface area contributed by atoms with E-state index in [1.807, 2.05) is 37.3 Å². The zero-order valence-corrected chi connectivity index (χ0v) is 17.6. The lowest BCUT2D eigenvalue weighted by atomic mass is 10.0. The molecule has 0 saturated carbocycles. The first-order chi connectivity index (χ1) is 14.9. The van der Waals surface area contributed by atoms with Gasteiger partial charge in [-0.15, -0.1) is 0 Å². The molecule has 3 heterocycles. The van der Waals surface area contributed by atoms with Crippen LogP contribution >= 0.6 is 0 Å². The summed E-state index contributed by atoms with van der Waals surface area (Å²) in [5.41, 5.74) is 3.86. The summed E-state index contributed by atoms with van der Waals surface area (Å²) in [5.74, 6) is 0.112. The standard InChI is InChI=1S/C24H23N3O4/c1-14-7-6-8-15(13-14)19-18-20(25(2)24(30)26(3)23(18)29)21-22(31-12-11-27(19)21)16-9-4-5-10-17(16)28/h4-10,13,22,28H,11-12H2,1-3H3/t22-/m0/s1. The SMILES string of the molecule is Cc1cccc(-c2c3c(=O)n(C)c(=O)n(C)c3c3n2CCO[C@H]3c2ccccc2O)c1. The first-order valence-corrected chi connectivity index (χ1v) is 10.2. The van der Waals surface area contributed by atoms with Crippen molar-refractivity contribution in [3.63, 3.8) is 0 Å². The van der Waals surface area contributed by atoms with E-state index in [9.17, 15) is 14.7 Å². The highest BCUT2D eigenvalue weighted by Crippen LogP contribution is 2.42. The molecule has 1 N–H and O–H groups in total. The predicted octanol–water partition coefficient (Wildman–Crippen LogP) is 2.84. The number of benzene rings is 2. The van der Waals surface area contributed by atoms with Gasteiger partial charge < -0.3 is 14.4 Å². The third kappa shape index (κ3) is 2.77. The van der Waals surface area contributed by atoms with Crippen LogP contribution in [0.1, 0.15) is 22.9 Å². The first-order valence-electron chi connectivity index (χ1n) is 10.2. The molecule has 0 aliphatic carbocycles. The molecular formula is C24H23N3O4. The van der Waals surface area contributed by atoms with Crippen LogP contribution in [0.4, 0.5) is 0 Å². The summed E-state index contributed by atoms with van der Waals surface area (Å²) in [7, 11) is 3.17. The van der Waals surface area contributed by atoms with Gasteiger partial charge in [-0.3, -0.25) is 13.9 Å². The van der Waals surface area contributed by atoms with Gasteiger partial charge in [0.05, 0.1) is 28.9 Å². The molecule has 5 rings (SSSR count). The number of nitrogens with zero attached hydrogens (tertiary/aromatic N) is 3. The zero-order valence-electron chi connectivity index (χ0n) is 17.6. The van der Waals surface area contributed by atoms with E-state index in [4.69, 9.17) is 4.74 Å². The number of fused-ring (bicyclic) bond motifs is 3. The van der Waals surface area contributed by atoms with Crippen molar-refractivity contribution < 1.29 is 9.84 Å². The predicted molar refractivity (Wildman–Crippen MR) is 118 cm³/mol. The molecule has 2 aromatic heterocycles. The molecule has 7 heteroatoms. The highest BCUT2D eigenvalue weighted by molar-refractivity contribution is 5.96. The number of rotatable bonds is 2. The van der Waals surface area contributed by atoms with Crippen LogP contribution in [0.25, 0.3) is 22.2 Å². The molecule has 2 aromatic carbocycles. The summed E-state index contributed by atoms with van der Waals surface area (Å²) in [6.45, 7) is 2.96. The Morgan fingerprint density at radius 1 is 1.03 bits per heavy atom. The number of aryl methyl sites for hydroxylation is 2. The van der Waals surface area contributed by atoms with Crippen molar-refractivity contribution in [2.24, 2.45) is 14.1 Å². The molecule has 0 fully saturated rings. The van der Waals surface area contributed by atoms with E-state index in [-0.39, 0.29) is 11.3 Å². The number of phenolic OH excluding ortho intramolecular Hbond substituents is 1. The Balaban J connectivity index is 1.98. The van der Waals surface area contributed by atoms with Gasteiger partial charge in [0.15, 0.2) is 0 Å². The van der Waals surface area contributed by atoms with Crippen molar-refractivity contribution in [3.05, 3.63) is 86.2 Å². The van der Waals surface area contributed by atoms with Gasteiger partial charge in [-0.2, -0.15) is 0 Å². The average Bonchev–Trinajstić information content (AvgIpc) is 3.12. The highest BCUT2D eigenvalue weighted by Gasteiger charge is 2.34. The van der Waals surface area contributed by atoms with E-state index < -0.39 is 11.8 Å². The molecule has 1 aliphatic rings. The Morgan fingerprint density at radius 2 is 1.81 bits per heavy atom. The fourth-order valence-corrected chi connectivity index (χ4v) is 4.62. The smallest absolute Gasteiger partial charge is 0.331 e. The maximum atomic E-state index is 13.4. The van der Waals surface area contributed by atoms with Crippen molar-refractivity contribution in [2.45, 2.75) is 19.6 Å². The number of aromatic hydroxyl groups is 1. The van der Waals surface area contributed by atoms with Crippen molar-refractivity contribution in [1.29, 1.82) is 0 Å². The third-order valence-electron chi connectivity index (χ3n) is 6.06. The summed E-state index contributed by atoms with van der Waals surface area (Å²) in [6.07, 6.45) is -0.603. The number of hydrogen-bond acceptors (Lipinski definition) is 4. The van der Waals surface area contributed by atoms with Crippen LogP contribution in [-0.4, -0.2) is 25.4 Å². The lowest BCUT2D eigenvalue weighted by molar-refractivity contribution is 0.0464. The van der Waals surface area contributed by atoms with E-state index >= 15 is 0 Å². The minimum atomic E-state index is -0.603. The van der Waals surface area contributed by atoms with Crippen LogP contribution in [0, 0.1) is 6.92 Å². The van der Waals surface area contributed by atoms with Gasteiger partial charge in [-0.1, -0.05) is 42.0 Å². The number of para-hydroxylation sites is 1. The molecule has 0 saturated heterocycles. The summed E-state index contributed by atoms with van der Waals surface area (Å²) < 4.78 is 10.8. The Labute approximate surface area is 178 Å². The van der Waals surface area contributed by atoms with E-state index in [0.717, 1.165) is 21.4 Å². The molecule has 0 unspecified atom stereocenters. The molecule has 7 nitrogen and oxygen atoms in total. The first kappa shape index (κ1) is 19.4. The minimum Gasteiger partial charge on any atom is -0.508 e. The van der Waals surface area contributed by atoms with E-state index in [1.54, 1.807) is 25.2 Å². The second-order valence-electron chi connectivity index (χ2n) is 7.99. The fraction of sp³-hybridized carbons (Fsp3) is 0.250. The number of phenols is 1. The summed E-state index contributed by atoms with van der Waals surface area (Å²) in [5, 5.41) is 11.0. The molecule has 158 valence electrons. The fourth-order valence-electron chi connectivity index (χ4n) is 4.62. The van der Waals surface area contributed by atoms with Crippen molar-refractivity contribution in [1.82, 2.24) is 13.7 Å².